The lowest BCUT2D eigenvalue weighted by molar-refractivity contribution is 0.410. The molecule has 0 saturated carbocycles. The van der Waals surface area contributed by atoms with E-state index in [1.54, 1.807) is 7.11 Å². The van der Waals surface area contributed by atoms with Gasteiger partial charge in [-0.15, -0.1) is 11.8 Å². The SMILES string of the molecule is C=C(CSc1ccccc1)CC(C)c1cc(OC)c(C)cc1C(=C)CC.CC. The summed E-state index contributed by atoms with van der Waals surface area (Å²) in [6, 6.07) is 14.9. The number of hydrogen-bond acceptors (Lipinski definition) is 2. The van der Waals surface area contributed by atoms with Crippen LogP contribution in [-0.4, -0.2) is 12.9 Å². The lowest BCUT2D eigenvalue weighted by Gasteiger charge is -2.21. The normalized spacial score (nSPS) is 11.2. The first-order chi connectivity index (χ1) is 13.5. The van der Waals surface area contributed by atoms with Gasteiger partial charge >= 0.3 is 0 Å². The van der Waals surface area contributed by atoms with Crippen LogP contribution in [0.1, 0.15) is 63.1 Å². The van der Waals surface area contributed by atoms with Crippen LogP contribution in [0.2, 0.25) is 0 Å². The Balaban J connectivity index is 0.00000190. The highest BCUT2D eigenvalue weighted by Crippen LogP contribution is 2.36. The highest BCUT2D eigenvalue weighted by Gasteiger charge is 2.16. The number of ether oxygens (including phenoxy) is 1. The molecule has 0 bridgehead atoms. The van der Waals surface area contributed by atoms with Crippen LogP contribution in [0.4, 0.5) is 0 Å². The van der Waals surface area contributed by atoms with Gasteiger partial charge in [0, 0.05) is 10.6 Å². The average Bonchev–Trinajstić information content (AvgIpc) is 2.73. The average molecular weight is 397 g/mol. The lowest BCUT2D eigenvalue weighted by atomic mass is 9.86. The standard InChI is InChI=1S/C24H30OS.C2H6/c1-7-18(3)22-14-20(5)24(25-6)15-23(22)19(4)13-17(2)16-26-21-11-9-8-10-12-21;1-2/h8-12,14-15,19H,2-3,7,13,16H2,1,4-6H3;1-2H3. The third kappa shape index (κ3) is 6.91. The molecule has 2 aromatic carbocycles. The molecule has 28 heavy (non-hydrogen) atoms. The minimum Gasteiger partial charge on any atom is -0.496 e. The quantitative estimate of drug-likeness (QED) is 0.311. The molecule has 1 nitrogen and oxygen atoms in total. The number of rotatable bonds is 9. The van der Waals surface area contributed by atoms with Gasteiger partial charge in [0.05, 0.1) is 7.11 Å². The van der Waals surface area contributed by atoms with Crippen molar-refractivity contribution in [1.29, 1.82) is 0 Å². The summed E-state index contributed by atoms with van der Waals surface area (Å²) in [6.07, 6.45) is 1.92. The van der Waals surface area contributed by atoms with Gasteiger partial charge in [-0.3, -0.25) is 0 Å². The molecule has 0 radical (unpaired) electrons. The highest BCUT2D eigenvalue weighted by atomic mass is 32.2. The number of aryl methyl sites for hydroxylation is 1. The van der Waals surface area contributed by atoms with Crippen LogP contribution < -0.4 is 4.74 Å². The maximum Gasteiger partial charge on any atom is 0.122 e. The van der Waals surface area contributed by atoms with Crippen molar-refractivity contribution in [3.63, 3.8) is 0 Å². The molecule has 0 saturated heterocycles. The van der Waals surface area contributed by atoms with E-state index in [-0.39, 0.29) is 0 Å². The molecule has 152 valence electrons. The fraction of sp³-hybridized carbons (Fsp3) is 0.385. The van der Waals surface area contributed by atoms with Crippen LogP contribution in [0.5, 0.6) is 5.75 Å². The van der Waals surface area contributed by atoms with E-state index in [0.29, 0.717) is 5.92 Å². The molecule has 2 aromatic rings. The topological polar surface area (TPSA) is 9.23 Å². The Morgan fingerprint density at radius 1 is 1.11 bits per heavy atom. The van der Waals surface area contributed by atoms with E-state index in [2.05, 4.69) is 70.3 Å². The molecule has 0 aliphatic heterocycles. The second-order valence-corrected chi connectivity index (χ2v) is 7.87. The van der Waals surface area contributed by atoms with Gasteiger partial charge in [-0.2, -0.15) is 0 Å². The monoisotopic (exact) mass is 396 g/mol. The summed E-state index contributed by atoms with van der Waals surface area (Å²) in [5.41, 5.74) is 6.18. The lowest BCUT2D eigenvalue weighted by Crippen LogP contribution is -2.03. The van der Waals surface area contributed by atoms with Gasteiger partial charge in [-0.1, -0.05) is 64.6 Å². The summed E-state index contributed by atoms with van der Waals surface area (Å²) >= 11 is 1.85. The molecular weight excluding hydrogens is 360 g/mol. The van der Waals surface area contributed by atoms with Crippen LogP contribution >= 0.6 is 11.8 Å². The van der Waals surface area contributed by atoms with Gasteiger partial charge in [0.1, 0.15) is 5.75 Å². The van der Waals surface area contributed by atoms with Gasteiger partial charge < -0.3 is 4.74 Å². The zero-order valence-corrected chi connectivity index (χ0v) is 19.3. The Hall–Kier alpha value is -1.93. The van der Waals surface area contributed by atoms with E-state index >= 15 is 0 Å². The number of methoxy groups -OCH3 is 1. The first kappa shape index (κ1) is 24.1. The number of allylic oxidation sites excluding steroid dienone is 1. The summed E-state index contributed by atoms with van der Waals surface area (Å²) in [7, 11) is 1.74. The molecule has 0 spiro atoms. The molecule has 0 amide bonds. The molecule has 0 aliphatic rings. The molecular formula is C26H36OS. The smallest absolute Gasteiger partial charge is 0.122 e. The molecule has 2 rings (SSSR count). The predicted octanol–water partition coefficient (Wildman–Crippen LogP) is 8.30. The predicted molar refractivity (Wildman–Crippen MR) is 128 cm³/mol. The fourth-order valence-corrected chi connectivity index (χ4v) is 3.97. The van der Waals surface area contributed by atoms with E-state index in [0.717, 1.165) is 29.9 Å². The van der Waals surface area contributed by atoms with Crippen molar-refractivity contribution in [2.24, 2.45) is 0 Å². The van der Waals surface area contributed by atoms with Crippen molar-refractivity contribution in [3.05, 3.63) is 77.9 Å². The second kappa shape index (κ2) is 12.5. The van der Waals surface area contributed by atoms with Gasteiger partial charge in [0.2, 0.25) is 0 Å². The van der Waals surface area contributed by atoms with E-state index in [1.807, 2.05) is 31.7 Å². The third-order valence-corrected chi connectivity index (χ3v) is 5.84. The van der Waals surface area contributed by atoms with Gasteiger partial charge in [0.15, 0.2) is 0 Å². The molecule has 1 atom stereocenters. The summed E-state index contributed by atoms with van der Waals surface area (Å²) in [5.74, 6) is 2.27. The molecule has 0 aromatic heterocycles. The van der Waals surface area contributed by atoms with E-state index in [4.69, 9.17) is 4.74 Å². The number of hydrogen-bond donors (Lipinski definition) is 0. The van der Waals surface area contributed by atoms with Crippen LogP contribution in [0.25, 0.3) is 5.57 Å². The molecule has 1 unspecified atom stereocenters. The minimum atomic E-state index is 0.381. The molecule has 2 heteroatoms. The van der Waals surface area contributed by atoms with E-state index in [1.165, 1.54) is 27.2 Å². The van der Waals surface area contributed by atoms with E-state index < -0.39 is 0 Å². The Labute approximate surface area is 176 Å². The minimum absolute atomic E-state index is 0.381. The summed E-state index contributed by atoms with van der Waals surface area (Å²) in [4.78, 5) is 1.29. The zero-order chi connectivity index (χ0) is 21.1. The Morgan fingerprint density at radius 3 is 2.32 bits per heavy atom. The van der Waals surface area contributed by atoms with Gasteiger partial charge in [-0.25, -0.2) is 0 Å². The summed E-state index contributed by atoms with van der Waals surface area (Å²) in [6.45, 7) is 19.1. The number of benzene rings is 2. The van der Waals surface area contributed by atoms with Crippen molar-refractivity contribution >= 4 is 17.3 Å². The zero-order valence-electron chi connectivity index (χ0n) is 18.5. The van der Waals surface area contributed by atoms with Crippen LogP contribution in [0, 0.1) is 6.92 Å². The molecule has 0 N–H and O–H groups in total. The third-order valence-electron chi connectivity index (χ3n) is 4.69. The highest BCUT2D eigenvalue weighted by molar-refractivity contribution is 7.99. The fourth-order valence-electron chi connectivity index (χ4n) is 3.13. The summed E-state index contributed by atoms with van der Waals surface area (Å²) < 4.78 is 5.56. The Bertz CT molecular complexity index is 762. The number of thioether (sulfide) groups is 1. The molecule has 0 heterocycles. The van der Waals surface area contributed by atoms with Crippen molar-refractivity contribution < 1.29 is 4.74 Å². The van der Waals surface area contributed by atoms with Crippen molar-refractivity contribution in [2.45, 2.75) is 58.3 Å². The van der Waals surface area contributed by atoms with E-state index in [9.17, 15) is 0 Å². The maximum absolute atomic E-state index is 5.56. The van der Waals surface area contributed by atoms with Crippen LogP contribution in [0.3, 0.4) is 0 Å². The van der Waals surface area contributed by atoms with Crippen LogP contribution in [0.15, 0.2) is 66.1 Å². The van der Waals surface area contributed by atoms with Crippen molar-refractivity contribution in [1.82, 2.24) is 0 Å². The van der Waals surface area contributed by atoms with Gasteiger partial charge in [0.25, 0.3) is 0 Å². The largest absolute Gasteiger partial charge is 0.496 e. The van der Waals surface area contributed by atoms with Crippen molar-refractivity contribution in [2.75, 3.05) is 12.9 Å². The van der Waals surface area contributed by atoms with Crippen molar-refractivity contribution in [3.8, 4) is 5.75 Å². The first-order valence-corrected chi connectivity index (χ1v) is 11.2. The summed E-state index contributed by atoms with van der Waals surface area (Å²) in [5, 5.41) is 0. The maximum atomic E-state index is 5.56. The Kier molecular flexibility index (Phi) is 10.8. The molecule has 0 aliphatic carbocycles. The second-order valence-electron chi connectivity index (χ2n) is 6.82. The Morgan fingerprint density at radius 2 is 1.75 bits per heavy atom. The molecule has 0 fully saturated rings. The van der Waals surface area contributed by atoms with Crippen LogP contribution in [-0.2, 0) is 0 Å². The first-order valence-electron chi connectivity index (χ1n) is 10.2. The van der Waals surface area contributed by atoms with Gasteiger partial charge in [-0.05, 0) is 72.2 Å².